The van der Waals surface area contributed by atoms with Crippen LogP contribution in [0.5, 0.6) is 0 Å². The third-order valence-corrected chi connectivity index (χ3v) is 13.6. The van der Waals surface area contributed by atoms with Gasteiger partial charge in [0, 0.05) is 63.5 Å². The molecule has 6 amide bonds. The minimum absolute atomic E-state index is 0.0162. The average Bonchev–Trinajstić information content (AvgIpc) is 4.04. The van der Waals surface area contributed by atoms with Crippen molar-refractivity contribution in [1.82, 2.24) is 31.1 Å². The van der Waals surface area contributed by atoms with E-state index in [4.69, 9.17) is 0 Å². The van der Waals surface area contributed by atoms with Gasteiger partial charge in [-0.15, -0.1) is 0 Å². The Morgan fingerprint density at radius 1 is 0.392 bits per heavy atom. The fourth-order valence-corrected chi connectivity index (χ4v) is 9.20. The fourth-order valence-electron chi connectivity index (χ4n) is 9.20. The molecule has 0 saturated carbocycles. The molecule has 74 heavy (non-hydrogen) atoms. The molecule has 0 aromatic heterocycles. The molecule has 4 N–H and O–H groups in total. The van der Waals surface area contributed by atoms with Crippen LogP contribution in [0.15, 0.2) is 121 Å². The number of carbonyl (C=O) groups excluding carboxylic acids is 6. The number of rotatable bonds is 18. The molecule has 5 aromatic carbocycles. The van der Waals surface area contributed by atoms with Gasteiger partial charge in [-0.3, -0.25) is 28.8 Å². The van der Waals surface area contributed by atoms with Crippen LogP contribution in [0.3, 0.4) is 0 Å². The van der Waals surface area contributed by atoms with Crippen LogP contribution in [0.2, 0.25) is 0 Å². The zero-order chi connectivity index (χ0) is 53.2. The van der Waals surface area contributed by atoms with Gasteiger partial charge in [0.2, 0.25) is 23.6 Å². The summed E-state index contributed by atoms with van der Waals surface area (Å²) in [4.78, 5) is 85.8. The topological polar surface area (TPSA) is 157 Å². The van der Waals surface area contributed by atoms with E-state index in [1.165, 1.54) is 58.3 Å². The molecule has 2 aliphatic rings. The number of likely N-dealkylation sites (tertiary alicyclic amines) is 2. The highest BCUT2D eigenvalue weighted by Crippen LogP contribution is 2.32. The highest BCUT2D eigenvalue weighted by atomic mass is 19.4. The number of hydrogen-bond donors (Lipinski definition) is 4. The number of amides is 6. The minimum atomic E-state index is -4.51. The van der Waals surface area contributed by atoms with Crippen LogP contribution in [-0.4, -0.2) is 97.6 Å². The fraction of sp³-hybridized carbons (Fsp3) is 0.357. The lowest BCUT2D eigenvalue weighted by molar-refractivity contribution is -0.138. The first kappa shape index (κ1) is 54.3. The number of benzene rings is 5. The molecule has 12 nitrogen and oxygen atoms in total. The van der Waals surface area contributed by atoms with Crippen molar-refractivity contribution in [3.05, 3.63) is 177 Å². The Balaban J connectivity index is 0.998. The van der Waals surface area contributed by atoms with Gasteiger partial charge in [-0.05, 0) is 110 Å². The highest BCUT2D eigenvalue weighted by molar-refractivity contribution is 6.00. The van der Waals surface area contributed by atoms with E-state index in [0.717, 1.165) is 46.5 Å². The number of hydrogen-bond acceptors (Lipinski definition) is 6. The summed E-state index contributed by atoms with van der Waals surface area (Å²) in [5.41, 5.74) is 4.03. The molecular weight excluding hydrogens is 967 g/mol. The van der Waals surface area contributed by atoms with Crippen molar-refractivity contribution in [3.8, 4) is 0 Å². The standard InChI is InChI=1S/C56H58F6N6O6/c1-35-3-7-37(8-4-35)23-27-63-49(69)45-31-67(32-46(45)50(70)64-28-24-38-9-5-36(2)6-10-38)53(73)41-15-17-42(18-16-41)54(74)68-33-47(51(71)65-29-25-39-11-19-43(20-12-39)55(57,58)59)48(34-68)52(72)66-30-26-40-13-21-44(22-14-40)56(60,61)62/h3-22,45-48H,23-34H2,1-2H3,(H,63,69)(H,64,70)(H,65,71)(H,66,72)/t45-,46-,47-,48-/m0/s1. The van der Waals surface area contributed by atoms with Gasteiger partial charge in [0.15, 0.2) is 0 Å². The summed E-state index contributed by atoms with van der Waals surface area (Å²) >= 11 is 0. The quantitative estimate of drug-likeness (QED) is 0.0684. The third-order valence-electron chi connectivity index (χ3n) is 13.6. The SMILES string of the molecule is Cc1ccc(CCNC(=O)[C@H]2CN(C(=O)c3ccc(C(=O)N4C[C@H](C(=O)NCCc5ccc(C(F)(F)F)cc5)[C@@H](C(=O)NCCc5ccc(C(F)(F)F)cc5)C4)cc3)C[C@@H]2C(=O)NCCc2ccc(C)cc2)cc1. The first-order valence-corrected chi connectivity index (χ1v) is 24.5. The maximum Gasteiger partial charge on any atom is 0.416 e. The number of carbonyl (C=O) groups is 6. The number of nitrogens with one attached hydrogen (secondary N) is 4. The van der Waals surface area contributed by atoms with Gasteiger partial charge in [-0.25, -0.2) is 0 Å². The summed E-state index contributed by atoms with van der Waals surface area (Å²) in [5.74, 6) is -6.62. The van der Waals surface area contributed by atoms with Crippen LogP contribution in [0, 0.1) is 37.5 Å². The predicted octanol–water partition coefficient (Wildman–Crippen LogP) is 7.15. The molecule has 0 radical (unpaired) electrons. The molecule has 4 atom stereocenters. The average molecular weight is 1030 g/mol. The second kappa shape index (κ2) is 24.0. The predicted molar refractivity (Wildman–Crippen MR) is 264 cm³/mol. The Labute approximate surface area is 425 Å². The molecule has 0 spiro atoms. The Hall–Kier alpha value is -7.50. The molecule has 2 aliphatic heterocycles. The third kappa shape index (κ3) is 14.4. The first-order chi connectivity index (χ1) is 35.2. The van der Waals surface area contributed by atoms with Crippen molar-refractivity contribution in [3.63, 3.8) is 0 Å². The van der Waals surface area contributed by atoms with E-state index < -0.39 is 70.8 Å². The maximum absolute atomic E-state index is 14.1. The molecule has 2 saturated heterocycles. The number of halogens is 6. The van der Waals surface area contributed by atoms with Gasteiger partial charge in [-0.1, -0.05) is 83.9 Å². The van der Waals surface area contributed by atoms with Gasteiger partial charge in [0.05, 0.1) is 34.8 Å². The van der Waals surface area contributed by atoms with Crippen LogP contribution < -0.4 is 21.3 Å². The monoisotopic (exact) mass is 1020 g/mol. The van der Waals surface area contributed by atoms with E-state index >= 15 is 0 Å². The number of aryl methyl sites for hydroxylation is 2. The second-order valence-electron chi connectivity index (χ2n) is 18.9. The Morgan fingerprint density at radius 3 is 0.851 bits per heavy atom. The Bertz CT molecular complexity index is 2610. The summed E-state index contributed by atoms with van der Waals surface area (Å²) in [6.07, 6.45) is -7.53. The van der Waals surface area contributed by atoms with E-state index in [1.807, 2.05) is 62.4 Å². The minimum Gasteiger partial charge on any atom is -0.355 e. The van der Waals surface area contributed by atoms with Crippen molar-refractivity contribution in [2.75, 3.05) is 52.4 Å². The van der Waals surface area contributed by atoms with E-state index in [1.54, 1.807) is 0 Å². The smallest absolute Gasteiger partial charge is 0.355 e. The lowest BCUT2D eigenvalue weighted by atomic mass is 9.94. The molecule has 2 heterocycles. The summed E-state index contributed by atoms with van der Waals surface area (Å²) in [5, 5.41) is 11.4. The molecule has 5 aromatic rings. The molecule has 0 bridgehead atoms. The van der Waals surface area contributed by atoms with Crippen LogP contribution in [0.1, 0.15) is 65.2 Å². The Kier molecular flexibility index (Phi) is 17.6. The van der Waals surface area contributed by atoms with Crippen LogP contribution in [-0.2, 0) is 57.2 Å². The van der Waals surface area contributed by atoms with Crippen molar-refractivity contribution < 1.29 is 55.1 Å². The van der Waals surface area contributed by atoms with Gasteiger partial charge in [-0.2, -0.15) is 26.3 Å². The van der Waals surface area contributed by atoms with Gasteiger partial charge in [0.25, 0.3) is 11.8 Å². The van der Waals surface area contributed by atoms with Crippen molar-refractivity contribution in [2.45, 2.75) is 51.9 Å². The first-order valence-electron chi connectivity index (χ1n) is 24.5. The van der Waals surface area contributed by atoms with Crippen LogP contribution >= 0.6 is 0 Å². The van der Waals surface area contributed by atoms with Crippen molar-refractivity contribution in [2.24, 2.45) is 23.7 Å². The normalized spacial score (nSPS) is 17.7. The molecule has 0 unspecified atom stereocenters. The molecule has 390 valence electrons. The van der Waals surface area contributed by atoms with E-state index in [9.17, 15) is 55.1 Å². The number of alkyl halides is 6. The van der Waals surface area contributed by atoms with Gasteiger partial charge >= 0.3 is 12.4 Å². The maximum atomic E-state index is 14.1. The summed E-state index contributed by atoms with van der Waals surface area (Å²) in [6, 6.07) is 30.6. The lowest BCUT2D eigenvalue weighted by Crippen LogP contribution is -2.42. The van der Waals surface area contributed by atoms with Crippen molar-refractivity contribution in [1.29, 1.82) is 0 Å². The summed E-state index contributed by atoms with van der Waals surface area (Å²) < 4.78 is 78.6. The summed E-state index contributed by atoms with van der Waals surface area (Å²) in [6.45, 7) is 4.25. The summed E-state index contributed by atoms with van der Waals surface area (Å²) in [7, 11) is 0. The van der Waals surface area contributed by atoms with E-state index in [2.05, 4.69) is 21.3 Å². The zero-order valence-electron chi connectivity index (χ0n) is 41.0. The molecular formula is C56H58F6N6O6. The van der Waals surface area contributed by atoms with Gasteiger partial charge in [0.1, 0.15) is 0 Å². The van der Waals surface area contributed by atoms with Crippen LogP contribution in [0.4, 0.5) is 26.3 Å². The largest absolute Gasteiger partial charge is 0.416 e. The molecule has 18 heteroatoms. The van der Waals surface area contributed by atoms with E-state index in [0.29, 0.717) is 37.1 Å². The molecule has 0 aliphatic carbocycles. The zero-order valence-corrected chi connectivity index (χ0v) is 41.0. The molecule has 7 rings (SSSR count). The van der Waals surface area contributed by atoms with Crippen molar-refractivity contribution >= 4 is 35.4 Å². The molecule has 2 fully saturated rings. The Morgan fingerprint density at radius 2 is 0.622 bits per heavy atom. The number of nitrogens with zero attached hydrogens (tertiary/aromatic N) is 2. The van der Waals surface area contributed by atoms with Crippen LogP contribution in [0.25, 0.3) is 0 Å². The van der Waals surface area contributed by atoms with Gasteiger partial charge < -0.3 is 31.1 Å². The van der Waals surface area contributed by atoms with E-state index in [-0.39, 0.29) is 75.1 Å². The highest BCUT2D eigenvalue weighted by Gasteiger charge is 2.45. The lowest BCUT2D eigenvalue weighted by Gasteiger charge is -2.18. The second-order valence-corrected chi connectivity index (χ2v) is 18.9.